The molecule has 0 aromatic carbocycles. The second kappa shape index (κ2) is 7.11. The fraction of sp³-hybridized carbons (Fsp3) is 0.846. The molecule has 2 fully saturated rings. The van der Waals surface area contributed by atoms with Crippen LogP contribution in [0.15, 0.2) is 0 Å². The van der Waals surface area contributed by atoms with Crippen molar-refractivity contribution in [1.82, 2.24) is 5.32 Å². The van der Waals surface area contributed by atoms with E-state index in [9.17, 15) is 13.8 Å². The van der Waals surface area contributed by atoms with Gasteiger partial charge in [-0.1, -0.05) is 0 Å². The van der Waals surface area contributed by atoms with E-state index in [1.54, 1.807) is 0 Å². The van der Waals surface area contributed by atoms with Crippen LogP contribution >= 0.6 is 11.8 Å². The molecule has 2 heterocycles. The minimum atomic E-state index is -1.28. The van der Waals surface area contributed by atoms with Gasteiger partial charge in [0.25, 0.3) is 0 Å². The molecular formula is C13H21NO5S2. The van der Waals surface area contributed by atoms with Crippen molar-refractivity contribution in [3.05, 3.63) is 0 Å². The Morgan fingerprint density at radius 3 is 2.90 bits per heavy atom. The van der Waals surface area contributed by atoms with Crippen molar-refractivity contribution in [3.8, 4) is 0 Å². The number of hydrogen-bond donors (Lipinski definition) is 2. The van der Waals surface area contributed by atoms with E-state index in [0.29, 0.717) is 13.0 Å². The zero-order valence-electron chi connectivity index (χ0n) is 12.0. The number of amides is 1. The molecule has 0 radical (unpaired) electrons. The highest BCUT2D eigenvalue weighted by atomic mass is 32.2. The highest BCUT2D eigenvalue weighted by molar-refractivity contribution is 7.99. The summed E-state index contributed by atoms with van der Waals surface area (Å²) in [6.45, 7) is 1.84. The topological polar surface area (TPSA) is 92.7 Å². The average molecular weight is 335 g/mol. The van der Waals surface area contributed by atoms with E-state index >= 15 is 0 Å². The van der Waals surface area contributed by atoms with E-state index in [-0.39, 0.29) is 16.6 Å². The number of carboxylic acid groups (broad SMARTS) is 1. The normalized spacial score (nSPS) is 31.8. The molecule has 0 aromatic rings. The molecular weight excluding hydrogens is 314 g/mol. The second-order valence-electron chi connectivity index (χ2n) is 5.59. The van der Waals surface area contributed by atoms with Crippen LogP contribution in [0.2, 0.25) is 0 Å². The summed E-state index contributed by atoms with van der Waals surface area (Å²) in [6.07, 6.45) is 2.38. The predicted molar refractivity (Wildman–Crippen MR) is 81.9 cm³/mol. The number of nitrogens with one attached hydrogen (secondary N) is 1. The van der Waals surface area contributed by atoms with Crippen molar-refractivity contribution in [2.75, 3.05) is 23.9 Å². The maximum atomic E-state index is 12.5. The maximum Gasteiger partial charge on any atom is 0.327 e. The van der Waals surface area contributed by atoms with Crippen molar-refractivity contribution in [3.63, 3.8) is 0 Å². The summed E-state index contributed by atoms with van der Waals surface area (Å²) in [5, 5.41) is 11.4. The molecule has 0 bridgehead atoms. The molecule has 21 heavy (non-hydrogen) atoms. The van der Waals surface area contributed by atoms with Crippen molar-refractivity contribution in [1.29, 1.82) is 0 Å². The minimum absolute atomic E-state index is 0.0389. The van der Waals surface area contributed by atoms with Gasteiger partial charge in [0, 0.05) is 35.3 Å². The van der Waals surface area contributed by atoms with Crippen LogP contribution in [-0.4, -0.2) is 62.0 Å². The monoisotopic (exact) mass is 335 g/mol. The van der Waals surface area contributed by atoms with Gasteiger partial charge >= 0.3 is 5.97 Å². The summed E-state index contributed by atoms with van der Waals surface area (Å²) < 4.78 is 18.4. The molecule has 0 saturated carbocycles. The van der Waals surface area contributed by atoms with Crippen molar-refractivity contribution >= 4 is 34.4 Å². The Bertz CT molecular complexity index is 436. The fourth-order valence-electron chi connectivity index (χ4n) is 2.79. The molecule has 2 aliphatic heterocycles. The summed E-state index contributed by atoms with van der Waals surface area (Å²) in [7, 11) is -1.28. The first kappa shape index (κ1) is 16.8. The van der Waals surface area contributed by atoms with Crippen LogP contribution < -0.4 is 5.32 Å². The van der Waals surface area contributed by atoms with Gasteiger partial charge in [-0.25, -0.2) is 4.79 Å². The summed E-state index contributed by atoms with van der Waals surface area (Å²) >= 11 is 1.85. The van der Waals surface area contributed by atoms with Gasteiger partial charge in [0.15, 0.2) is 0 Å². The van der Waals surface area contributed by atoms with Gasteiger partial charge in [-0.15, -0.1) is 0 Å². The van der Waals surface area contributed by atoms with Crippen molar-refractivity contribution in [2.45, 2.75) is 43.1 Å². The van der Waals surface area contributed by atoms with Crippen molar-refractivity contribution in [2.24, 2.45) is 0 Å². The highest BCUT2D eigenvalue weighted by Crippen LogP contribution is 2.39. The van der Waals surface area contributed by atoms with Crippen molar-refractivity contribution < 1.29 is 23.6 Å². The molecule has 2 rings (SSSR count). The van der Waals surface area contributed by atoms with E-state index < -0.39 is 28.7 Å². The summed E-state index contributed by atoms with van der Waals surface area (Å²) in [6, 6.07) is -1.08. The van der Waals surface area contributed by atoms with E-state index in [1.807, 2.05) is 11.8 Å². The molecule has 2 N–H and O–H groups in total. The third-order valence-electron chi connectivity index (χ3n) is 3.89. The standard InChI is InChI=1S/C13H21NO5S2/c1-9(15)14-11(12(16)17)7-21(18)10-2-4-19-13(6-10)3-5-20-8-13/h10-11H,2-8H2,1H3,(H,14,15)(H,16,17)/t10?,11-,13?,21?/m0/s1. The van der Waals surface area contributed by atoms with Crippen LogP contribution in [0.5, 0.6) is 0 Å². The zero-order valence-corrected chi connectivity index (χ0v) is 13.6. The Hall–Kier alpha value is -0.600. The lowest BCUT2D eigenvalue weighted by Gasteiger charge is -2.37. The molecule has 1 spiro atoms. The quantitative estimate of drug-likeness (QED) is 0.754. The summed E-state index contributed by atoms with van der Waals surface area (Å²) in [5.41, 5.74) is -0.171. The van der Waals surface area contributed by atoms with Crippen LogP contribution in [0.1, 0.15) is 26.2 Å². The Labute approximate surface area is 130 Å². The number of carbonyl (C=O) groups excluding carboxylic acids is 1. The molecule has 2 aliphatic rings. The molecule has 0 aliphatic carbocycles. The zero-order chi connectivity index (χ0) is 15.5. The first-order valence-electron chi connectivity index (χ1n) is 7.01. The van der Waals surface area contributed by atoms with E-state index in [0.717, 1.165) is 24.3 Å². The highest BCUT2D eigenvalue weighted by Gasteiger charge is 2.42. The summed E-state index contributed by atoms with van der Waals surface area (Å²) in [4.78, 5) is 22.1. The van der Waals surface area contributed by atoms with E-state index in [2.05, 4.69) is 5.32 Å². The van der Waals surface area contributed by atoms with Crippen LogP contribution in [0.4, 0.5) is 0 Å². The first-order valence-corrected chi connectivity index (χ1v) is 9.54. The third-order valence-corrected chi connectivity index (χ3v) is 6.92. The SMILES string of the molecule is CC(=O)N[C@@H](CS(=O)C1CCOC2(CCSC2)C1)C(=O)O. The number of ether oxygens (including phenoxy) is 1. The Balaban J connectivity index is 1.95. The molecule has 4 atom stereocenters. The largest absolute Gasteiger partial charge is 0.480 e. The molecule has 3 unspecified atom stereocenters. The van der Waals surface area contributed by atoms with Gasteiger partial charge in [0.05, 0.1) is 11.4 Å². The van der Waals surface area contributed by atoms with Gasteiger partial charge < -0.3 is 15.2 Å². The van der Waals surface area contributed by atoms with Crippen LogP contribution in [0, 0.1) is 0 Å². The third kappa shape index (κ3) is 4.43. The molecule has 120 valence electrons. The smallest absolute Gasteiger partial charge is 0.327 e. The van der Waals surface area contributed by atoms with E-state index in [1.165, 1.54) is 6.92 Å². The number of rotatable bonds is 5. The van der Waals surface area contributed by atoms with Crippen LogP contribution in [-0.2, 0) is 25.1 Å². The van der Waals surface area contributed by atoms with Gasteiger partial charge in [-0.2, -0.15) is 11.8 Å². The molecule has 2 saturated heterocycles. The Morgan fingerprint density at radius 1 is 1.57 bits per heavy atom. The first-order chi connectivity index (χ1) is 9.92. The van der Waals surface area contributed by atoms with Gasteiger partial charge in [0.1, 0.15) is 6.04 Å². The molecule has 0 aromatic heterocycles. The second-order valence-corrected chi connectivity index (χ2v) is 8.45. The number of hydrogen-bond acceptors (Lipinski definition) is 5. The Morgan fingerprint density at radius 2 is 2.33 bits per heavy atom. The Kier molecular flexibility index (Phi) is 5.67. The van der Waals surface area contributed by atoms with Crippen LogP contribution in [0.25, 0.3) is 0 Å². The maximum absolute atomic E-state index is 12.5. The fourth-order valence-corrected chi connectivity index (χ4v) is 5.84. The number of aliphatic carboxylic acids is 1. The van der Waals surface area contributed by atoms with Gasteiger partial charge in [-0.3, -0.25) is 9.00 Å². The van der Waals surface area contributed by atoms with Crippen LogP contribution in [0.3, 0.4) is 0 Å². The van der Waals surface area contributed by atoms with Gasteiger partial charge in [-0.05, 0) is 25.0 Å². The number of carboxylic acids is 1. The predicted octanol–water partition coefficient (Wildman–Crippen LogP) is 0.379. The van der Waals surface area contributed by atoms with Gasteiger partial charge in [0.2, 0.25) is 5.91 Å². The van der Waals surface area contributed by atoms with E-state index in [4.69, 9.17) is 9.84 Å². The lowest BCUT2D eigenvalue weighted by Crippen LogP contribution is -2.48. The lowest BCUT2D eigenvalue weighted by atomic mass is 9.93. The summed E-state index contributed by atoms with van der Waals surface area (Å²) in [5.74, 6) is 0.382. The molecule has 6 nitrogen and oxygen atoms in total. The molecule has 8 heteroatoms. The minimum Gasteiger partial charge on any atom is -0.480 e. The number of carbonyl (C=O) groups is 2. The lowest BCUT2D eigenvalue weighted by molar-refractivity contribution is -0.140. The average Bonchev–Trinajstić information content (AvgIpc) is 2.85. The number of thioether (sulfide) groups is 1. The molecule has 1 amide bonds.